The average molecular weight is 252 g/mol. The first-order valence-electron chi connectivity index (χ1n) is 4.67. The first kappa shape index (κ1) is 13.8. The van der Waals surface area contributed by atoms with Crippen LogP contribution in [-0.4, -0.2) is 23.8 Å². The lowest BCUT2D eigenvalue weighted by Crippen LogP contribution is -2.33. The van der Waals surface area contributed by atoms with Crippen LogP contribution in [0.1, 0.15) is 12.5 Å². The number of halogens is 4. The fourth-order valence-electron chi connectivity index (χ4n) is 1.28. The Kier molecular flexibility index (Phi) is 4.00. The summed E-state index contributed by atoms with van der Waals surface area (Å²) in [6.45, 7) is 1.21. The Hall–Kier alpha value is -1.28. The normalized spacial score (nSPS) is 11.5. The molecule has 0 fully saturated rings. The summed E-state index contributed by atoms with van der Waals surface area (Å²) in [6.07, 6.45) is -4.77. The monoisotopic (exact) mass is 252 g/mol. The Morgan fingerprint density at radius 1 is 1.29 bits per heavy atom. The van der Waals surface area contributed by atoms with Crippen molar-refractivity contribution in [3.8, 4) is 5.75 Å². The first-order valence-corrected chi connectivity index (χ1v) is 4.67. The molecule has 0 heterocycles. The number of rotatable bonds is 3. The molecule has 17 heavy (non-hydrogen) atoms. The Morgan fingerprint density at radius 2 is 1.88 bits per heavy atom. The zero-order valence-electron chi connectivity index (χ0n) is 8.75. The van der Waals surface area contributed by atoms with Crippen molar-refractivity contribution in [1.29, 1.82) is 0 Å². The summed E-state index contributed by atoms with van der Waals surface area (Å²) in [7, 11) is -2.20. The Labute approximate surface area is 94.8 Å². The third-order valence-corrected chi connectivity index (χ3v) is 2.00. The fraction of sp³-hybridized carbons (Fsp3) is 0.333. The second-order valence-electron chi connectivity index (χ2n) is 3.15. The van der Waals surface area contributed by atoms with E-state index in [2.05, 4.69) is 4.74 Å². The van der Waals surface area contributed by atoms with Gasteiger partial charge in [0.15, 0.2) is 11.6 Å². The summed E-state index contributed by atoms with van der Waals surface area (Å²) in [4.78, 5) is 0. The molecule has 0 amide bonds. The van der Waals surface area contributed by atoms with Crippen molar-refractivity contribution in [1.82, 2.24) is 0 Å². The van der Waals surface area contributed by atoms with Crippen molar-refractivity contribution in [3.63, 3.8) is 0 Å². The number of ether oxygens (including phenoxy) is 1. The number of hydrogen-bond acceptors (Lipinski definition) is 3. The third kappa shape index (κ3) is 2.89. The van der Waals surface area contributed by atoms with Crippen LogP contribution in [0.2, 0.25) is 0 Å². The zero-order chi connectivity index (χ0) is 13.2. The molecule has 1 aromatic carbocycles. The van der Waals surface area contributed by atoms with Gasteiger partial charge in [0.25, 0.3) is 0 Å². The molecule has 0 aliphatic carbocycles. The van der Waals surface area contributed by atoms with E-state index in [1.54, 1.807) is 0 Å². The van der Waals surface area contributed by atoms with Gasteiger partial charge < -0.3 is 14.8 Å². The fourth-order valence-corrected chi connectivity index (χ4v) is 1.28. The minimum absolute atomic E-state index is 0.176. The summed E-state index contributed by atoms with van der Waals surface area (Å²) in [6, 6.07) is 1.20. The van der Waals surface area contributed by atoms with Gasteiger partial charge in [0.2, 0.25) is 0 Å². The summed E-state index contributed by atoms with van der Waals surface area (Å²) in [5, 5.41) is 17.5. The number of benzene rings is 1. The minimum Gasteiger partial charge on any atom is -0.490 e. The molecule has 0 aliphatic rings. The van der Waals surface area contributed by atoms with Crippen molar-refractivity contribution in [3.05, 3.63) is 23.5 Å². The van der Waals surface area contributed by atoms with Crippen molar-refractivity contribution < 1.29 is 32.3 Å². The van der Waals surface area contributed by atoms with E-state index < -0.39 is 35.9 Å². The van der Waals surface area contributed by atoms with E-state index in [0.29, 0.717) is 12.1 Å². The third-order valence-electron chi connectivity index (χ3n) is 2.00. The lowest BCUT2D eigenvalue weighted by atomic mass is 9.79. The second kappa shape index (κ2) is 4.93. The average Bonchev–Trinajstić information content (AvgIpc) is 2.18. The second-order valence-corrected chi connectivity index (χ2v) is 3.15. The highest BCUT2D eigenvalue weighted by atomic mass is 19.4. The molecule has 0 aliphatic heterocycles. The topological polar surface area (TPSA) is 49.7 Å². The van der Waals surface area contributed by atoms with Gasteiger partial charge in [-0.15, -0.1) is 0 Å². The number of hydrogen-bond donors (Lipinski definition) is 2. The largest absolute Gasteiger partial charge is 0.491 e. The van der Waals surface area contributed by atoms with E-state index in [-0.39, 0.29) is 6.61 Å². The summed E-state index contributed by atoms with van der Waals surface area (Å²) >= 11 is 0. The van der Waals surface area contributed by atoms with Crippen molar-refractivity contribution >= 4 is 12.6 Å². The highest BCUT2D eigenvalue weighted by Crippen LogP contribution is 2.37. The van der Waals surface area contributed by atoms with E-state index in [1.807, 2.05) is 0 Å². The molecule has 0 radical (unpaired) electrons. The molecular weight excluding hydrogens is 243 g/mol. The Bertz CT molecular complexity index is 406. The maximum Gasteiger partial charge on any atom is 0.491 e. The lowest BCUT2D eigenvalue weighted by molar-refractivity contribution is -0.139. The van der Waals surface area contributed by atoms with Gasteiger partial charge in [0, 0.05) is 5.46 Å². The van der Waals surface area contributed by atoms with Crippen molar-refractivity contribution in [2.45, 2.75) is 13.1 Å². The van der Waals surface area contributed by atoms with E-state index in [0.717, 1.165) is 0 Å². The van der Waals surface area contributed by atoms with Gasteiger partial charge >= 0.3 is 13.3 Å². The van der Waals surface area contributed by atoms with E-state index in [9.17, 15) is 17.6 Å². The Morgan fingerprint density at radius 3 is 2.29 bits per heavy atom. The summed E-state index contributed by atoms with van der Waals surface area (Å²) in [5.74, 6) is -2.44. The van der Waals surface area contributed by atoms with E-state index >= 15 is 0 Å². The predicted molar refractivity (Wildman–Crippen MR) is 52.4 cm³/mol. The quantitative estimate of drug-likeness (QED) is 0.621. The molecule has 3 nitrogen and oxygen atoms in total. The van der Waals surface area contributed by atoms with Crippen LogP contribution >= 0.6 is 0 Å². The number of alkyl halides is 3. The lowest BCUT2D eigenvalue weighted by Gasteiger charge is -2.15. The summed E-state index contributed by atoms with van der Waals surface area (Å²) in [5.41, 5.74) is -1.96. The van der Waals surface area contributed by atoms with Crippen LogP contribution < -0.4 is 10.2 Å². The maximum atomic E-state index is 13.6. The van der Waals surface area contributed by atoms with Crippen LogP contribution in [0, 0.1) is 5.82 Å². The van der Waals surface area contributed by atoms with Crippen LogP contribution in [0.3, 0.4) is 0 Å². The van der Waals surface area contributed by atoms with Gasteiger partial charge in [-0.25, -0.2) is 4.39 Å². The molecule has 1 rings (SSSR count). The molecule has 0 spiro atoms. The SMILES string of the molecule is CCOc1c(C(F)(F)F)ccc(B(O)O)c1F. The molecule has 2 N–H and O–H groups in total. The van der Waals surface area contributed by atoms with Gasteiger partial charge in [-0.2, -0.15) is 13.2 Å². The molecule has 0 atom stereocenters. The molecular formula is C9H9BF4O3. The molecule has 0 bridgehead atoms. The highest BCUT2D eigenvalue weighted by molar-refractivity contribution is 6.58. The molecule has 94 valence electrons. The van der Waals surface area contributed by atoms with E-state index in [1.165, 1.54) is 6.92 Å². The molecule has 0 aromatic heterocycles. The molecule has 1 aromatic rings. The minimum atomic E-state index is -4.77. The van der Waals surface area contributed by atoms with Crippen LogP contribution in [0.25, 0.3) is 0 Å². The van der Waals surface area contributed by atoms with Crippen LogP contribution in [0.4, 0.5) is 17.6 Å². The predicted octanol–water partition coefficient (Wildman–Crippen LogP) is 0.923. The van der Waals surface area contributed by atoms with Gasteiger partial charge in [-0.3, -0.25) is 0 Å². The zero-order valence-corrected chi connectivity index (χ0v) is 8.75. The Balaban J connectivity index is 3.39. The van der Waals surface area contributed by atoms with Gasteiger partial charge in [0.1, 0.15) is 5.56 Å². The van der Waals surface area contributed by atoms with Crippen LogP contribution in [0.5, 0.6) is 5.75 Å². The maximum absolute atomic E-state index is 13.6. The first-order chi connectivity index (χ1) is 7.79. The smallest absolute Gasteiger partial charge is 0.490 e. The van der Waals surface area contributed by atoms with Crippen molar-refractivity contribution in [2.75, 3.05) is 6.61 Å². The molecule has 8 heteroatoms. The van der Waals surface area contributed by atoms with Crippen LogP contribution in [0.15, 0.2) is 12.1 Å². The van der Waals surface area contributed by atoms with Crippen LogP contribution in [-0.2, 0) is 6.18 Å². The summed E-state index contributed by atoms with van der Waals surface area (Å²) < 4.78 is 55.7. The van der Waals surface area contributed by atoms with Gasteiger partial charge in [-0.05, 0) is 13.0 Å². The van der Waals surface area contributed by atoms with Crippen molar-refractivity contribution in [2.24, 2.45) is 0 Å². The highest BCUT2D eigenvalue weighted by Gasteiger charge is 2.37. The standard InChI is InChI=1S/C9H9BF4O3/c1-2-17-8-5(9(12,13)14)3-4-6(7(8)11)10(15)16/h3-4,15-16H,2H2,1H3. The molecule has 0 saturated carbocycles. The molecule has 0 saturated heterocycles. The van der Waals surface area contributed by atoms with E-state index in [4.69, 9.17) is 10.0 Å². The van der Waals surface area contributed by atoms with Gasteiger partial charge in [0.05, 0.1) is 6.61 Å². The van der Waals surface area contributed by atoms with Gasteiger partial charge in [-0.1, -0.05) is 6.07 Å². The molecule has 0 unspecified atom stereocenters.